The number of amides is 1. The number of rotatable bonds is 9. The van der Waals surface area contributed by atoms with Crippen LogP contribution in [0.25, 0.3) is 16.7 Å². The number of fused-ring (bicyclic) bond motifs is 1. The molecule has 0 saturated carbocycles. The Labute approximate surface area is 316 Å². The van der Waals surface area contributed by atoms with Crippen LogP contribution in [0.1, 0.15) is 64.9 Å². The van der Waals surface area contributed by atoms with E-state index in [1.54, 1.807) is 35.2 Å². The number of pyridine rings is 1. The van der Waals surface area contributed by atoms with Gasteiger partial charge >= 0.3 is 0 Å². The molecule has 3 saturated heterocycles. The second kappa shape index (κ2) is 15.6. The Morgan fingerprint density at radius 3 is 2.50 bits per heavy atom. The number of aryl methyl sites for hydroxylation is 1. The van der Waals surface area contributed by atoms with Crippen LogP contribution in [0.3, 0.4) is 0 Å². The summed E-state index contributed by atoms with van der Waals surface area (Å²) in [4.78, 5) is 24.4. The summed E-state index contributed by atoms with van der Waals surface area (Å²) in [7, 11) is 1.89. The molecule has 13 heteroatoms. The number of nitrogens with two attached hydrogens (primary N) is 3. The summed E-state index contributed by atoms with van der Waals surface area (Å²) in [5, 5.41) is 14.5. The molecule has 2 aromatic heterocycles. The Morgan fingerprint density at radius 2 is 1.80 bits per heavy atom. The molecule has 0 spiro atoms. The van der Waals surface area contributed by atoms with Crippen molar-refractivity contribution >= 4 is 28.3 Å². The number of halogens is 1. The van der Waals surface area contributed by atoms with Gasteiger partial charge in [0.1, 0.15) is 29.0 Å². The number of aromatic nitrogens is 2. The normalized spacial score (nSPS) is 19.9. The second-order valence-corrected chi connectivity index (χ2v) is 14.9. The van der Waals surface area contributed by atoms with Gasteiger partial charge in [-0.05, 0) is 73.4 Å². The van der Waals surface area contributed by atoms with E-state index in [1.165, 1.54) is 0 Å². The van der Waals surface area contributed by atoms with Crippen LogP contribution >= 0.6 is 0 Å². The molecular weight excluding hydrogens is 686 g/mol. The molecule has 0 bridgehead atoms. The predicted octanol–water partition coefficient (Wildman–Crippen LogP) is 4.83. The number of carbonyl (C=O) groups is 1. The maximum absolute atomic E-state index is 16.2. The fourth-order valence-electron chi connectivity index (χ4n) is 8.21. The number of aromatic hydroxyl groups is 1. The van der Waals surface area contributed by atoms with Crippen LogP contribution in [0.15, 0.2) is 84.6 Å². The van der Waals surface area contributed by atoms with Gasteiger partial charge in [-0.1, -0.05) is 18.2 Å². The molecule has 3 aliphatic heterocycles. The first-order chi connectivity index (χ1) is 26.0. The Bertz CT molecular complexity index is 2040. The van der Waals surface area contributed by atoms with Gasteiger partial charge in [0.05, 0.1) is 24.2 Å². The SMILES string of the molecule is CNc1cnc2c(ccn2C2CCN(CC3(F)CCN(C(=O)c4ccc(C5CN(C(/C=C(\N)c6ccccc6O)=C(N)N)CCO5)c(C)c4)CC3)CC2)c1. The van der Waals surface area contributed by atoms with Crippen molar-refractivity contribution in [1.29, 1.82) is 0 Å². The van der Waals surface area contributed by atoms with Crippen LogP contribution in [0.5, 0.6) is 5.75 Å². The standard InChI is InChI=1S/C41H52FN9O3/c1-27-21-29(7-8-32(27)37-25-50(19-20-54-37)35(38(44)45)23-34(43)33-5-3-4-6-36(33)52)40(53)49-17-12-41(42,13-18-49)26-48-14-10-31(11-15-48)51-16-9-28-22-30(46-2)24-47-39(28)51/h3-9,16,21-24,31,37,46,52H,10-15,17-20,25-26,43-45H2,1-2H3/b34-23-. The Kier molecular flexibility index (Phi) is 10.7. The number of ether oxygens (including phenoxy) is 1. The zero-order valence-electron chi connectivity index (χ0n) is 31.2. The van der Waals surface area contributed by atoms with E-state index in [4.69, 9.17) is 21.9 Å². The second-order valence-electron chi connectivity index (χ2n) is 14.9. The maximum atomic E-state index is 16.2. The van der Waals surface area contributed by atoms with E-state index in [9.17, 15) is 9.90 Å². The first kappa shape index (κ1) is 37.1. The number of anilines is 1. The highest BCUT2D eigenvalue weighted by Crippen LogP contribution is 2.34. The molecule has 5 heterocycles. The van der Waals surface area contributed by atoms with Gasteiger partial charge in [0.2, 0.25) is 0 Å². The first-order valence-corrected chi connectivity index (χ1v) is 18.8. The average Bonchev–Trinajstić information content (AvgIpc) is 3.60. The van der Waals surface area contributed by atoms with Gasteiger partial charge in [0, 0.05) is 100 Å². The zero-order chi connectivity index (χ0) is 38.0. The molecule has 3 aliphatic rings. The fraction of sp³-hybridized carbons (Fsp3) is 0.415. The van der Waals surface area contributed by atoms with Crippen molar-refractivity contribution in [2.45, 2.75) is 50.4 Å². The Morgan fingerprint density at radius 1 is 1.04 bits per heavy atom. The minimum Gasteiger partial charge on any atom is -0.507 e. The molecule has 0 aliphatic carbocycles. The van der Waals surface area contributed by atoms with E-state index in [-0.39, 0.29) is 23.6 Å². The van der Waals surface area contributed by atoms with Gasteiger partial charge in [-0.2, -0.15) is 0 Å². The summed E-state index contributed by atoms with van der Waals surface area (Å²) in [5.41, 5.74) is 23.1. The van der Waals surface area contributed by atoms with E-state index < -0.39 is 5.67 Å². The van der Waals surface area contributed by atoms with Gasteiger partial charge in [-0.3, -0.25) is 4.79 Å². The molecule has 0 radical (unpaired) electrons. The number of alkyl halides is 1. The molecule has 7 rings (SSSR count). The van der Waals surface area contributed by atoms with Crippen molar-refractivity contribution in [3.63, 3.8) is 0 Å². The number of allylic oxidation sites excluding steroid dienone is 1. The quantitative estimate of drug-likeness (QED) is 0.150. The molecule has 54 heavy (non-hydrogen) atoms. The molecule has 2 aromatic carbocycles. The first-order valence-electron chi connectivity index (χ1n) is 18.8. The lowest BCUT2D eigenvalue weighted by molar-refractivity contribution is -0.0175. The molecule has 12 nitrogen and oxygen atoms in total. The number of carbonyl (C=O) groups excluding carboxylic acids is 1. The predicted molar refractivity (Wildman–Crippen MR) is 210 cm³/mol. The maximum Gasteiger partial charge on any atom is 0.253 e. The summed E-state index contributed by atoms with van der Waals surface area (Å²) in [6.45, 7) is 6.26. The lowest BCUT2D eigenvalue weighted by Crippen LogP contribution is -2.51. The minimum absolute atomic E-state index is 0.0656. The van der Waals surface area contributed by atoms with Crippen LogP contribution < -0.4 is 22.5 Å². The molecule has 1 unspecified atom stereocenters. The summed E-state index contributed by atoms with van der Waals surface area (Å²) >= 11 is 0. The topological polar surface area (TPSA) is 164 Å². The van der Waals surface area contributed by atoms with Crippen molar-refractivity contribution < 1.29 is 19.0 Å². The average molecular weight is 738 g/mol. The van der Waals surface area contributed by atoms with Crippen molar-refractivity contribution in [3.8, 4) is 5.75 Å². The molecular formula is C41H52FN9O3. The number of likely N-dealkylation sites (tertiary alicyclic amines) is 2. The summed E-state index contributed by atoms with van der Waals surface area (Å²) < 4.78 is 24.7. The van der Waals surface area contributed by atoms with Crippen LogP contribution in [0, 0.1) is 6.92 Å². The Hall–Kier alpha value is -5.27. The number of hydrogen-bond acceptors (Lipinski definition) is 10. The van der Waals surface area contributed by atoms with Gasteiger partial charge in [0.25, 0.3) is 5.91 Å². The summed E-state index contributed by atoms with van der Waals surface area (Å²) in [6.07, 6.45) is 7.91. The molecule has 3 fully saturated rings. The largest absolute Gasteiger partial charge is 0.507 e. The smallest absolute Gasteiger partial charge is 0.253 e. The number of phenols is 1. The number of phenolic OH excluding ortho intramolecular Hbond substituents is 1. The number of morpholine rings is 1. The van der Waals surface area contributed by atoms with E-state index >= 15 is 4.39 Å². The van der Waals surface area contributed by atoms with E-state index in [2.05, 4.69) is 38.1 Å². The van der Waals surface area contributed by atoms with E-state index in [0.717, 1.165) is 53.8 Å². The molecule has 286 valence electrons. The number of nitrogens with zero attached hydrogens (tertiary/aromatic N) is 5. The summed E-state index contributed by atoms with van der Waals surface area (Å²) in [6, 6.07) is 17.1. The number of benzene rings is 2. The van der Waals surface area contributed by atoms with Gasteiger partial charge < -0.3 is 51.6 Å². The lowest BCUT2D eigenvalue weighted by atomic mass is 9.91. The number of para-hydroxylation sites is 1. The third kappa shape index (κ3) is 7.83. The van der Waals surface area contributed by atoms with Crippen LogP contribution in [-0.4, -0.2) is 100 Å². The third-order valence-electron chi connectivity index (χ3n) is 11.3. The van der Waals surface area contributed by atoms with Crippen molar-refractivity contribution in [2.24, 2.45) is 17.2 Å². The van der Waals surface area contributed by atoms with Gasteiger partial charge in [-0.15, -0.1) is 0 Å². The van der Waals surface area contributed by atoms with Crippen molar-refractivity contribution in [1.82, 2.24) is 24.3 Å². The highest BCUT2D eigenvalue weighted by molar-refractivity contribution is 5.94. The lowest BCUT2D eigenvalue weighted by Gasteiger charge is -2.41. The zero-order valence-corrected chi connectivity index (χ0v) is 31.2. The number of nitrogens with one attached hydrogen (secondary N) is 1. The van der Waals surface area contributed by atoms with Crippen LogP contribution in [-0.2, 0) is 4.74 Å². The van der Waals surface area contributed by atoms with E-state index in [0.29, 0.717) is 80.7 Å². The molecule has 1 atom stereocenters. The highest BCUT2D eigenvalue weighted by atomic mass is 19.1. The highest BCUT2D eigenvalue weighted by Gasteiger charge is 2.39. The summed E-state index contributed by atoms with van der Waals surface area (Å²) in [5.74, 6) is 0.0908. The monoisotopic (exact) mass is 737 g/mol. The van der Waals surface area contributed by atoms with E-state index in [1.807, 2.05) is 43.3 Å². The Balaban J connectivity index is 0.927. The van der Waals surface area contributed by atoms with Gasteiger partial charge in [0.15, 0.2) is 0 Å². The number of piperidine rings is 2. The van der Waals surface area contributed by atoms with Crippen molar-refractivity contribution in [3.05, 3.63) is 107 Å². The van der Waals surface area contributed by atoms with Crippen LogP contribution in [0.2, 0.25) is 0 Å². The number of hydrogen-bond donors (Lipinski definition) is 5. The fourth-order valence-corrected chi connectivity index (χ4v) is 8.21. The van der Waals surface area contributed by atoms with Gasteiger partial charge in [-0.25, -0.2) is 9.37 Å². The third-order valence-corrected chi connectivity index (χ3v) is 11.3. The molecule has 4 aromatic rings. The molecule has 1 amide bonds. The van der Waals surface area contributed by atoms with Crippen LogP contribution in [0.4, 0.5) is 10.1 Å². The van der Waals surface area contributed by atoms with Crippen molar-refractivity contribution in [2.75, 3.05) is 64.8 Å². The minimum atomic E-state index is -1.32. The molecule has 8 N–H and O–H groups in total.